The minimum Gasteiger partial charge on any atom is -0.372 e. The number of hydrogen-bond acceptors (Lipinski definition) is 6. The van der Waals surface area contributed by atoms with Crippen LogP contribution >= 0.6 is 11.8 Å². The van der Waals surface area contributed by atoms with E-state index in [1.54, 1.807) is 0 Å². The van der Waals surface area contributed by atoms with Crippen molar-refractivity contribution in [2.24, 2.45) is 0 Å². The lowest BCUT2D eigenvalue weighted by Crippen LogP contribution is -2.46. The highest BCUT2D eigenvalue weighted by atomic mass is 32.2. The van der Waals surface area contributed by atoms with E-state index >= 15 is 0 Å². The Kier molecular flexibility index (Phi) is 4.04. The third-order valence-corrected chi connectivity index (χ3v) is 3.51. The van der Waals surface area contributed by atoms with Gasteiger partial charge in [0.1, 0.15) is 23.0 Å². The van der Waals surface area contributed by atoms with Gasteiger partial charge in [0, 0.05) is 13.1 Å². The van der Waals surface area contributed by atoms with Gasteiger partial charge in [-0.3, -0.25) is 0 Å². The van der Waals surface area contributed by atoms with Gasteiger partial charge in [-0.25, -0.2) is 9.97 Å². The van der Waals surface area contributed by atoms with Crippen molar-refractivity contribution in [2.45, 2.75) is 31.1 Å². The summed E-state index contributed by atoms with van der Waals surface area (Å²) in [5.41, 5.74) is 0.561. The van der Waals surface area contributed by atoms with Crippen molar-refractivity contribution in [3.8, 4) is 6.07 Å². The average molecular weight is 264 g/mol. The average Bonchev–Trinajstić information content (AvgIpc) is 2.36. The quantitative estimate of drug-likeness (QED) is 0.598. The molecule has 0 spiro atoms. The summed E-state index contributed by atoms with van der Waals surface area (Å²) >= 11 is 1.47. The minimum absolute atomic E-state index is 0.146. The van der Waals surface area contributed by atoms with Crippen LogP contribution in [0.5, 0.6) is 0 Å². The molecule has 0 saturated carbocycles. The van der Waals surface area contributed by atoms with E-state index in [1.807, 2.05) is 20.1 Å². The molecule has 1 aliphatic heterocycles. The fourth-order valence-corrected chi connectivity index (χ4v) is 2.70. The second-order valence-electron chi connectivity index (χ2n) is 4.36. The first kappa shape index (κ1) is 13.1. The van der Waals surface area contributed by atoms with Crippen LogP contribution in [0.3, 0.4) is 0 Å². The standard InChI is InChI=1S/C12H16N4OS/c1-8-5-16(6-9(2)17-8)11-10(4-13)12(18-3)15-7-14-11/h7-9H,5-6H2,1-3H3. The fraction of sp³-hybridized carbons (Fsp3) is 0.583. The number of rotatable bonds is 2. The number of ether oxygens (including phenoxy) is 1. The van der Waals surface area contributed by atoms with Gasteiger partial charge in [-0.15, -0.1) is 11.8 Å². The molecule has 0 amide bonds. The molecule has 2 heterocycles. The number of hydrogen-bond donors (Lipinski definition) is 0. The van der Waals surface area contributed by atoms with Gasteiger partial charge in [0.05, 0.1) is 12.2 Å². The molecule has 6 heteroatoms. The number of aromatic nitrogens is 2. The van der Waals surface area contributed by atoms with Crippen LogP contribution in [0.1, 0.15) is 19.4 Å². The zero-order valence-corrected chi connectivity index (χ0v) is 11.6. The van der Waals surface area contributed by atoms with E-state index in [1.165, 1.54) is 18.1 Å². The van der Waals surface area contributed by atoms with Crippen LogP contribution < -0.4 is 4.90 Å². The van der Waals surface area contributed by atoms with E-state index < -0.39 is 0 Å². The lowest BCUT2D eigenvalue weighted by Gasteiger charge is -2.36. The van der Waals surface area contributed by atoms with Crippen molar-refractivity contribution in [3.05, 3.63) is 11.9 Å². The Bertz CT molecular complexity index is 464. The lowest BCUT2D eigenvalue weighted by atomic mass is 10.2. The van der Waals surface area contributed by atoms with Gasteiger partial charge in [-0.2, -0.15) is 5.26 Å². The molecular formula is C12H16N4OS. The van der Waals surface area contributed by atoms with Gasteiger partial charge in [-0.05, 0) is 20.1 Å². The molecule has 5 nitrogen and oxygen atoms in total. The maximum absolute atomic E-state index is 9.29. The van der Waals surface area contributed by atoms with Crippen LogP contribution in [-0.2, 0) is 4.74 Å². The molecule has 0 N–H and O–H groups in total. The van der Waals surface area contributed by atoms with Gasteiger partial charge in [0.2, 0.25) is 0 Å². The van der Waals surface area contributed by atoms with Crippen molar-refractivity contribution in [2.75, 3.05) is 24.2 Å². The minimum atomic E-state index is 0.146. The molecule has 2 unspecified atom stereocenters. The summed E-state index contributed by atoms with van der Waals surface area (Å²) in [5.74, 6) is 0.721. The Labute approximate surface area is 111 Å². The molecule has 1 aliphatic rings. The van der Waals surface area contributed by atoms with Gasteiger partial charge >= 0.3 is 0 Å². The van der Waals surface area contributed by atoms with E-state index in [-0.39, 0.29) is 12.2 Å². The Balaban J connectivity index is 2.36. The normalized spacial score (nSPS) is 23.8. The summed E-state index contributed by atoms with van der Waals surface area (Å²) in [6, 6.07) is 2.21. The molecule has 0 radical (unpaired) electrons. The van der Waals surface area contributed by atoms with E-state index in [2.05, 4.69) is 20.9 Å². The van der Waals surface area contributed by atoms with E-state index in [0.29, 0.717) is 5.56 Å². The second kappa shape index (κ2) is 5.55. The third kappa shape index (κ3) is 2.57. The number of nitriles is 1. The van der Waals surface area contributed by atoms with Crippen molar-refractivity contribution >= 4 is 17.6 Å². The molecule has 1 fully saturated rings. The second-order valence-corrected chi connectivity index (χ2v) is 5.15. The molecule has 1 saturated heterocycles. The predicted octanol–water partition coefficient (Wildman–Crippen LogP) is 1.68. The number of nitrogens with zero attached hydrogens (tertiary/aromatic N) is 4. The molecule has 1 aromatic rings. The molecule has 18 heavy (non-hydrogen) atoms. The zero-order valence-electron chi connectivity index (χ0n) is 10.8. The van der Waals surface area contributed by atoms with E-state index in [4.69, 9.17) is 4.74 Å². The molecule has 1 aromatic heterocycles. The first-order valence-electron chi connectivity index (χ1n) is 5.85. The van der Waals surface area contributed by atoms with E-state index in [0.717, 1.165) is 23.9 Å². The highest BCUT2D eigenvalue weighted by Gasteiger charge is 2.26. The third-order valence-electron chi connectivity index (χ3n) is 2.82. The Hall–Kier alpha value is -1.32. The largest absolute Gasteiger partial charge is 0.372 e. The molecule has 0 bridgehead atoms. The SMILES string of the molecule is CSc1ncnc(N2CC(C)OC(C)C2)c1C#N. The van der Waals surface area contributed by atoms with Gasteiger partial charge < -0.3 is 9.64 Å². The molecule has 0 aromatic carbocycles. The first-order valence-corrected chi connectivity index (χ1v) is 7.07. The van der Waals surface area contributed by atoms with Crippen molar-refractivity contribution in [3.63, 3.8) is 0 Å². The van der Waals surface area contributed by atoms with Crippen LogP contribution in [0.2, 0.25) is 0 Å². The highest BCUT2D eigenvalue weighted by Crippen LogP contribution is 2.26. The van der Waals surface area contributed by atoms with Crippen molar-refractivity contribution < 1.29 is 4.74 Å². The topological polar surface area (TPSA) is 62.0 Å². The van der Waals surface area contributed by atoms with Crippen LogP contribution in [0.4, 0.5) is 5.82 Å². The zero-order chi connectivity index (χ0) is 13.1. The van der Waals surface area contributed by atoms with E-state index in [9.17, 15) is 5.26 Å². The van der Waals surface area contributed by atoms with Crippen LogP contribution in [-0.4, -0.2) is 41.5 Å². The molecular weight excluding hydrogens is 248 g/mol. The molecule has 2 rings (SSSR count). The summed E-state index contributed by atoms with van der Waals surface area (Å²) in [4.78, 5) is 10.5. The van der Waals surface area contributed by atoms with Crippen LogP contribution in [0, 0.1) is 11.3 Å². The van der Waals surface area contributed by atoms with Crippen LogP contribution in [0.25, 0.3) is 0 Å². The van der Waals surface area contributed by atoms with Crippen molar-refractivity contribution in [1.82, 2.24) is 9.97 Å². The summed E-state index contributed by atoms with van der Waals surface area (Å²) in [5, 5.41) is 10.0. The smallest absolute Gasteiger partial charge is 0.151 e. The van der Waals surface area contributed by atoms with Crippen LogP contribution in [0.15, 0.2) is 11.4 Å². The summed E-state index contributed by atoms with van der Waals surface area (Å²) in [6.07, 6.45) is 3.73. The lowest BCUT2D eigenvalue weighted by molar-refractivity contribution is -0.00549. The highest BCUT2D eigenvalue weighted by molar-refractivity contribution is 7.98. The monoisotopic (exact) mass is 264 g/mol. The van der Waals surface area contributed by atoms with Gasteiger partial charge in [-0.1, -0.05) is 0 Å². The summed E-state index contributed by atoms with van der Waals surface area (Å²) in [7, 11) is 0. The molecule has 0 aliphatic carbocycles. The fourth-order valence-electron chi connectivity index (χ4n) is 2.20. The van der Waals surface area contributed by atoms with Crippen molar-refractivity contribution in [1.29, 1.82) is 5.26 Å². The maximum Gasteiger partial charge on any atom is 0.151 e. The molecule has 96 valence electrons. The summed E-state index contributed by atoms with van der Waals surface area (Å²) in [6.45, 7) is 5.57. The Morgan fingerprint density at radius 1 is 1.39 bits per heavy atom. The number of morpholine rings is 1. The van der Waals surface area contributed by atoms with Gasteiger partial charge in [0.15, 0.2) is 5.82 Å². The number of anilines is 1. The Morgan fingerprint density at radius 2 is 2.06 bits per heavy atom. The summed E-state index contributed by atoms with van der Waals surface area (Å²) < 4.78 is 5.69. The first-order chi connectivity index (χ1) is 8.65. The predicted molar refractivity (Wildman–Crippen MR) is 70.8 cm³/mol. The maximum atomic E-state index is 9.29. The number of thioether (sulfide) groups is 1. The molecule has 2 atom stereocenters. The Morgan fingerprint density at radius 3 is 2.61 bits per heavy atom. The van der Waals surface area contributed by atoms with Gasteiger partial charge in [0.25, 0.3) is 0 Å².